The van der Waals surface area contributed by atoms with Crippen molar-refractivity contribution in [2.75, 3.05) is 0 Å². The highest BCUT2D eigenvalue weighted by Crippen LogP contribution is 2.27. The molecule has 0 saturated heterocycles. The van der Waals surface area contributed by atoms with Gasteiger partial charge in [0.2, 0.25) is 0 Å². The lowest BCUT2D eigenvalue weighted by atomic mass is 10.1. The summed E-state index contributed by atoms with van der Waals surface area (Å²) >= 11 is 6.27. The number of fused-ring (bicyclic) bond motifs is 2. The van der Waals surface area contributed by atoms with Crippen LogP contribution in [0.4, 0.5) is 0 Å². The molecule has 2 aromatic carbocycles. The van der Waals surface area contributed by atoms with Crippen molar-refractivity contribution in [3.8, 4) is 16.9 Å². The second-order valence-electron chi connectivity index (χ2n) is 6.43. The molecule has 0 aliphatic rings. The molecule has 28 heavy (non-hydrogen) atoms. The Morgan fingerprint density at radius 2 is 1.82 bits per heavy atom. The molecule has 3 aromatic heterocycles. The Balaban J connectivity index is 1.94. The van der Waals surface area contributed by atoms with Gasteiger partial charge in [0.05, 0.1) is 22.3 Å². The Morgan fingerprint density at radius 3 is 2.64 bits per heavy atom. The van der Waals surface area contributed by atoms with E-state index >= 15 is 0 Å². The lowest BCUT2D eigenvalue weighted by Gasteiger charge is -2.13. The molecule has 6 nitrogen and oxygen atoms in total. The quantitative estimate of drug-likeness (QED) is 0.458. The van der Waals surface area contributed by atoms with E-state index in [-0.39, 0.29) is 5.56 Å². The molecule has 0 aliphatic heterocycles. The first kappa shape index (κ1) is 16.6. The van der Waals surface area contributed by atoms with Crippen molar-refractivity contribution in [2.24, 2.45) is 0 Å². The Kier molecular flexibility index (Phi) is 3.74. The lowest BCUT2D eigenvalue weighted by molar-refractivity contribution is 0.946. The molecule has 5 rings (SSSR count). The van der Waals surface area contributed by atoms with Crippen LogP contribution in [-0.2, 0) is 0 Å². The van der Waals surface area contributed by atoms with E-state index in [1.165, 1.54) is 6.33 Å². The molecule has 3 heterocycles. The van der Waals surface area contributed by atoms with E-state index in [0.29, 0.717) is 27.4 Å². The summed E-state index contributed by atoms with van der Waals surface area (Å²) in [6.07, 6.45) is 3.16. The van der Waals surface area contributed by atoms with Gasteiger partial charge in [0, 0.05) is 16.8 Å². The largest absolute Gasteiger partial charge is 0.283 e. The average molecular weight is 388 g/mol. The maximum atomic E-state index is 13.6. The van der Waals surface area contributed by atoms with Gasteiger partial charge in [-0.05, 0) is 30.7 Å². The fourth-order valence-corrected chi connectivity index (χ4v) is 3.60. The molecule has 0 atom stereocenters. The Morgan fingerprint density at radius 1 is 1.00 bits per heavy atom. The molecular formula is C21H14ClN5O. The third-order valence-corrected chi connectivity index (χ3v) is 5.22. The van der Waals surface area contributed by atoms with E-state index < -0.39 is 0 Å². The van der Waals surface area contributed by atoms with Gasteiger partial charge >= 0.3 is 0 Å². The summed E-state index contributed by atoms with van der Waals surface area (Å²) in [7, 11) is 0. The van der Waals surface area contributed by atoms with Crippen LogP contribution < -0.4 is 5.56 Å². The van der Waals surface area contributed by atoms with Crippen LogP contribution in [0.5, 0.6) is 0 Å². The normalized spacial score (nSPS) is 11.4. The second kappa shape index (κ2) is 6.28. The van der Waals surface area contributed by atoms with Crippen LogP contribution >= 0.6 is 11.6 Å². The molecule has 0 saturated carbocycles. The molecule has 0 aliphatic carbocycles. The first-order chi connectivity index (χ1) is 13.6. The zero-order valence-corrected chi connectivity index (χ0v) is 15.6. The van der Waals surface area contributed by atoms with Crippen LogP contribution in [0.25, 0.3) is 33.6 Å². The zero-order chi connectivity index (χ0) is 19.3. The van der Waals surface area contributed by atoms with E-state index in [9.17, 15) is 4.79 Å². The molecule has 136 valence electrons. The van der Waals surface area contributed by atoms with E-state index in [2.05, 4.69) is 15.1 Å². The molecule has 0 spiro atoms. The Hall–Kier alpha value is -3.51. The summed E-state index contributed by atoms with van der Waals surface area (Å²) in [5.74, 6) is 0.447. The van der Waals surface area contributed by atoms with Gasteiger partial charge in [-0.3, -0.25) is 9.36 Å². The van der Waals surface area contributed by atoms with Crippen LogP contribution in [0.15, 0.2) is 71.9 Å². The summed E-state index contributed by atoms with van der Waals surface area (Å²) < 4.78 is 3.20. The Bertz CT molecular complexity index is 1410. The molecule has 0 unspecified atom stereocenters. The van der Waals surface area contributed by atoms with Crippen molar-refractivity contribution in [1.29, 1.82) is 0 Å². The van der Waals surface area contributed by atoms with Crippen molar-refractivity contribution in [2.45, 2.75) is 6.92 Å². The van der Waals surface area contributed by atoms with Gasteiger partial charge in [0.1, 0.15) is 6.33 Å². The van der Waals surface area contributed by atoms with Gasteiger partial charge in [0.15, 0.2) is 0 Å². The number of rotatable bonds is 2. The highest BCUT2D eigenvalue weighted by atomic mass is 35.5. The number of hydrogen-bond donors (Lipinski definition) is 0. The van der Waals surface area contributed by atoms with Crippen molar-refractivity contribution in [3.63, 3.8) is 0 Å². The summed E-state index contributed by atoms with van der Waals surface area (Å²) in [5.41, 5.74) is 3.48. The summed E-state index contributed by atoms with van der Waals surface area (Å²) in [6, 6.07) is 17.0. The van der Waals surface area contributed by atoms with Crippen LogP contribution in [0.3, 0.4) is 0 Å². The number of benzene rings is 2. The molecule has 5 aromatic rings. The SMILES string of the molecule is Cc1c(Cl)cccc1-n1ccc2nc3ncnn3c(-c3ccccc3)c2c1=O. The molecular weight excluding hydrogens is 374 g/mol. The average Bonchev–Trinajstić information content (AvgIpc) is 3.18. The minimum absolute atomic E-state index is 0.188. The van der Waals surface area contributed by atoms with Crippen molar-refractivity contribution in [1.82, 2.24) is 24.1 Å². The van der Waals surface area contributed by atoms with Gasteiger partial charge in [-0.25, -0.2) is 4.98 Å². The highest BCUT2D eigenvalue weighted by molar-refractivity contribution is 6.31. The van der Waals surface area contributed by atoms with Gasteiger partial charge < -0.3 is 0 Å². The maximum absolute atomic E-state index is 13.6. The van der Waals surface area contributed by atoms with Gasteiger partial charge in [-0.2, -0.15) is 14.6 Å². The van der Waals surface area contributed by atoms with Gasteiger partial charge in [0.25, 0.3) is 11.3 Å². The third-order valence-electron chi connectivity index (χ3n) is 4.81. The van der Waals surface area contributed by atoms with Gasteiger partial charge in [-0.1, -0.05) is 48.0 Å². The fourth-order valence-electron chi connectivity index (χ4n) is 3.43. The maximum Gasteiger partial charge on any atom is 0.266 e. The van der Waals surface area contributed by atoms with E-state index in [1.54, 1.807) is 15.3 Å². The van der Waals surface area contributed by atoms with Crippen LogP contribution in [-0.4, -0.2) is 24.1 Å². The lowest BCUT2D eigenvalue weighted by Crippen LogP contribution is -2.20. The van der Waals surface area contributed by atoms with E-state index in [4.69, 9.17) is 11.6 Å². The van der Waals surface area contributed by atoms with Crippen molar-refractivity contribution < 1.29 is 0 Å². The highest BCUT2D eigenvalue weighted by Gasteiger charge is 2.18. The minimum Gasteiger partial charge on any atom is -0.283 e. The number of nitrogens with zero attached hydrogens (tertiary/aromatic N) is 5. The molecule has 7 heteroatoms. The second-order valence-corrected chi connectivity index (χ2v) is 6.84. The number of aromatic nitrogens is 5. The number of hydrogen-bond acceptors (Lipinski definition) is 4. The van der Waals surface area contributed by atoms with E-state index in [0.717, 1.165) is 16.8 Å². The molecule has 0 amide bonds. The molecule has 0 fully saturated rings. The predicted octanol–water partition coefficient (Wildman–Crippen LogP) is 4.06. The topological polar surface area (TPSA) is 65.1 Å². The first-order valence-electron chi connectivity index (χ1n) is 8.71. The smallest absolute Gasteiger partial charge is 0.266 e. The monoisotopic (exact) mass is 387 g/mol. The number of halogens is 1. The summed E-state index contributed by atoms with van der Waals surface area (Å²) in [6.45, 7) is 1.89. The van der Waals surface area contributed by atoms with Crippen LogP contribution in [0.1, 0.15) is 5.56 Å². The molecule has 0 radical (unpaired) electrons. The zero-order valence-electron chi connectivity index (χ0n) is 14.9. The minimum atomic E-state index is -0.188. The van der Waals surface area contributed by atoms with Crippen LogP contribution in [0, 0.1) is 6.92 Å². The van der Waals surface area contributed by atoms with Crippen LogP contribution in [0.2, 0.25) is 5.02 Å². The Labute approximate surface area is 164 Å². The summed E-state index contributed by atoms with van der Waals surface area (Å²) in [4.78, 5) is 22.3. The third kappa shape index (κ3) is 2.42. The fraction of sp³-hybridized carbons (Fsp3) is 0.0476. The van der Waals surface area contributed by atoms with Crippen molar-refractivity contribution in [3.05, 3.63) is 88.1 Å². The summed E-state index contributed by atoms with van der Waals surface area (Å²) in [5, 5.41) is 5.38. The first-order valence-corrected chi connectivity index (χ1v) is 9.09. The predicted molar refractivity (Wildman–Crippen MR) is 109 cm³/mol. The van der Waals surface area contributed by atoms with Gasteiger partial charge in [-0.15, -0.1) is 0 Å². The van der Waals surface area contributed by atoms with Crippen molar-refractivity contribution >= 4 is 28.3 Å². The molecule has 0 bridgehead atoms. The standard InChI is InChI=1S/C21H14ClN5O/c1-13-15(22)8-5-9-17(13)26-11-10-16-18(20(26)28)19(14-6-3-2-4-7-14)27-21(25-16)23-12-24-27/h2-12H,1H3. The number of pyridine rings is 1. The molecule has 0 N–H and O–H groups in total. The van der Waals surface area contributed by atoms with E-state index in [1.807, 2.05) is 61.5 Å².